The lowest BCUT2D eigenvalue weighted by Crippen LogP contribution is -2.51. The third-order valence-electron chi connectivity index (χ3n) is 4.87. The van der Waals surface area contributed by atoms with Crippen LogP contribution in [0.15, 0.2) is 28.8 Å². The minimum atomic E-state index is -4.50. The zero-order chi connectivity index (χ0) is 20.5. The Morgan fingerprint density at radius 2 is 1.75 bits per heavy atom. The van der Waals surface area contributed by atoms with Gasteiger partial charge in [0.2, 0.25) is 5.91 Å². The predicted octanol–water partition coefficient (Wildman–Crippen LogP) is 2.84. The second-order valence-corrected chi connectivity index (χ2v) is 6.73. The Balaban J connectivity index is 1.61. The quantitative estimate of drug-likeness (QED) is 0.802. The first-order chi connectivity index (χ1) is 13.2. The van der Waals surface area contributed by atoms with Crippen molar-refractivity contribution < 1.29 is 27.3 Å². The van der Waals surface area contributed by atoms with Gasteiger partial charge in [-0.3, -0.25) is 9.59 Å². The van der Waals surface area contributed by atoms with Crippen molar-refractivity contribution in [3.05, 3.63) is 52.4 Å². The molecule has 0 unspecified atom stereocenters. The molecular formula is C19H20F3N3O3. The van der Waals surface area contributed by atoms with Gasteiger partial charge in [0.05, 0.1) is 17.7 Å². The number of halogens is 3. The lowest BCUT2D eigenvalue weighted by Gasteiger charge is -2.35. The topological polar surface area (TPSA) is 66.7 Å². The summed E-state index contributed by atoms with van der Waals surface area (Å²) in [5.41, 5.74) is 0.564. The van der Waals surface area contributed by atoms with E-state index < -0.39 is 17.6 Å². The number of carbonyl (C=O) groups excluding carboxylic acids is 2. The second-order valence-electron chi connectivity index (χ2n) is 6.73. The molecule has 9 heteroatoms. The molecule has 2 heterocycles. The van der Waals surface area contributed by atoms with Crippen LogP contribution in [0, 0.1) is 13.8 Å². The molecule has 0 atom stereocenters. The van der Waals surface area contributed by atoms with Crippen molar-refractivity contribution in [1.29, 1.82) is 0 Å². The summed E-state index contributed by atoms with van der Waals surface area (Å²) in [6.07, 6.45) is -4.33. The molecular weight excluding hydrogens is 375 g/mol. The average Bonchev–Trinajstić information content (AvgIpc) is 2.99. The Morgan fingerprint density at radius 1 is 1.11 bits per heavy atom. The molecule has 1 saturated heterocycles. The monoisotopic (exact) mass is 395 g/mol. The summed E-state index contributed by atoms with van der Waals surface area (Å²) < 4.78 is 43.6. The summed E-state index contributed by atoms with van der Waals surface area (Å²) in [4.78, 5) is 28.1. The first-order valence-corrected chi connectivity index (χ1v) is 8.83. The van der Waals surface area contributed by atoms with Crippen molar-refractivity contribution in [3.63, 3.8) is 0 Å². The molecule has 0 radical (unpaired) electrons. The Morgan fingerprint density at radius 3 is 2.32 bits per heavy atom. The van der Waals surface area contributed by atoms with Crippen molar-refractivity contribution in [1.82, 2.24) is 15.0 Å². The minimum absolute atomic E-state index is 0.00896. The van der Waals surface area contributed by atoms with Gasteiger partial charge in [-0.15, -0.1) is 0 Å². The molecule has 1 fully saturated rings. The molecule has 0 bridgehead atoms. The van der Waals surface area contributed by atoms with E-state index in [2.05, 4.69) is 5.16 Å². The fraction of sp³-hybridized carbons (Fsp3) is 0.421. The van der Waals surface area contributed by atoms with Crippen molar-refractivity contribution in [3.8, 4) is 0 Å². The molecule has 0 saturated carbocycles. The molecule has 1 aliphatic heterocycles. The van der Waals surface area contributed by atoms with Crippen molar-refractivity contribution in [2.75, 3.05) is 26.2 Å². The Bertz CT molecular complexity index is 865. The van der Waals surface area contributed by atoms with Crippen LogP contribution in [0.3, 0.4) is 0 Å². The lowest BCUT2D eigenvalue weighted by molar-refractivity contribution is -0.137. The largest absolute Gasteiger partial charge is 0.416 e. The van der Waals surface area contributed by atoms with Gasteiger partial charge in [0.25, 0.3) is 5.91 Å². The molecule has 1 aromatic heterocycles. The highest BCUT2D eigenvalue weighted by atomic mass is 19.4. The summed E-state index contributed by atoms with van der Waals surface area (Å²) >= 11 is 0. The molecule has 1 aliphatic rings. The molecule has 2 aromatic rings. The number of nitrogens with zero attached hydrogens (tertiary/aromatic N) is 3. The number of aryl methyl sites for hydroxylation is 2. The fourth-order valence-corrected chi connectivity index (χ4v) is 3.19. The number of rotatable bonds is 3. The highest BCUT2D eigenvalue weighted by Crippen LogP contribution is 2.29. The van der Waals surface area contributed by atoms with Crippen LogP contribution < -0.4 is 0 Å². The third-order valence-corrected chi connectivity index (χ3v) is 4.87. The van der Waals surface area contributed by atoms with E-state index in [0.717, 1.165) is 17.7 Å². The van der Waals surface area contributed by atoms with E-state index in [4.69, 9.17) is 4.52 Å². The summed E-state index contributed by atoms with van der Waals surface area (Å²) in [6, 6.07) is 4.38. The van der Waals surface area contributed by atoms with Gasteiger partial charge in [-0.2, -0.15) is 13.2 Å². The molecule has 0 N–H and O–H groups in total. The van der Waals surface area contributed by atoms with E-state index in [9.17, 15) is 22.8 Å². The Labute approximate surface area is 159 Å². The fourth-order valence-electron chi connectivity index (χ4n) is 3.19. The maximum atomic E-state index is 12.8. The van der Waals surface area contributed by atoms with Crippen molar-refractivity contribution in [2.24, 2.45) is 0 Å². The van der Waals surface area contributed by atoms with Gasteiger partial charge in [-0.1, -0.05) is 11.2 Å². The van der Waals surface area contributed by atoms with Crippen LogP contribution in [0.4, 0.5) is 13.2 Å². The smallest absolute Gasteiger partial charge is 0.361 e. The number of hydrogen-bond donors (Lipinski definition) is 0. The summed E-state index contributed by atoms with van der Waals surface area (Å²) in [7, 11) is 0. The number of amides is 2. The van der Waals surface area contributed by atoms with Gasteiger partial charge in [-0.25, -0.2) is 0 Å². The van der Waals surface area contributed by atoms with E-state index in [1.807, 2.05) is 0 Å². The van der Waals surface area contributed by atoms with Crippen molar-refractivity contribution in [2.45, 2.75) is 26.4 Å². The van der Waals surface area contributed by atoms with E-state index in [1.165, 1.54) is 17.0 Å². The molecule has 28 heavy (non-hydrogen) atoms. The zero-order valence-corrected chi connectivity index (χ0v) is 15.5. The number of alkyl halides is 3. The van der Waals surface area contributed by atoms with E-state index >= 15 is 0 Å². The predicted molar refractivity (Wildman–Crippen MR) is 93.6 cm³/mol. The van der Waals surface area contributed by atoms with Crippen LogP contribution in [0.2, 0.25) is 0 Å². The summed E-state index contributed by atoms with van der Waals surface area (Å²) in [5, 5.41) is 3.83. The SMILES string of the molecule is Cc1noc(C)c1CC(=O)N1CCN(C(=O)c2cccc(C(F)(F)F)c2)CC1. The number of piperazine rings is 1. The number of hydrogen-bond acceptors (Lipinski definition) is 4. The van der Waals surface area contributed by atoms with Crippen LogP contribution in [0.25, 0.3) is 0 Å². The van der Waals surface area contributed by atoms with Crippen LogP contribution in [0.1, 0.15) is 32.9 Å². The van der Waals surface area contributed by atoms with Gasteiger partial charge >= 0.3 is 6.18 Å². The van der Waals surface area contributed by atoms with Crippen LogP contribution in [0.5, 0.6) is 0 Å². The van der Waals surface area contributed by atoms with Gasteiger partial charge in [0.15, 0.2) is 0 Å². The normalized spacial score (nSPS) is 15.0. The number of benzene rings is 1. The molecule has 0 aliphatic carbocycles. The van der Waals surface area contributed by atoms with Crippen molar-refractivity contribution >= 4 is 11.8 Å². The molecule has 150 valence electrons. The number of aromatic nitrogens is 1. The highest BCUT2D eigenvalue weighted by Gasteiger charge is 2.32. The first kappa shape index (κ1) is 19.9. The highest BCUT2D eigenvalue weighted by molar-refractivity contribution is 5.94. The van der Waals surface area contributed by atoms with Crippen LogP contribution in [-0.2, 0) is 17.4 Å². The van der Waals surface area contributed by atoms with E-state index in [1.54, 1.807) is 18.7 Å². The van der Waals surface area contributed by atoms with Gasteiger partial charge in [0, 0.05) is 37.3 Å². The zero-order valence-electron chi connectivity index (χ0n) is 15.5. The maximum Gasteiger partial charge on any atom is 0.416 e. The van der Waals surface area contributed by atoms with Gasteiger partial charge in [-0.05, 0) is 32.0 Å². The second kappa shape index (κ2) is 7.65. The Kier molecular flexibility index (Phi) is 5.44. The third kappa shape index (κ3) is 4.18. The lowest BCUT2D eigenvalue weighted by atomic mass is 10.1. The molecule has 3 rings (SSSR count). The maximum absolute atomic E-state index is 12.8. The summed E-state index contributed by atoms with van der Waals surface area (Å²) in [6.45, 7) is 4.70. The van der Waals surface area contributed by atoms with Gasteiger partial charge in [0.1, 0.15) is 5.76 Å². The molecule has 6 nitrogen and oxygen atoms in total. The number of carbonyl (C=O) groups is 2. The molecule has 1 aromatic carbocycles. The average molecular weight is 395 g/mol. The standard InChI is InChI=1S/C19H20F3N3O3/c1-12-16(13(2)28-23-12)11-17(26)24-6-8-25(9-7-24)18(27)14-4-3-5-15(10-14)19(20,21)22/h3-5,10H,6-9,11H2,1-2H3. The Hall–Kier alpha value is -2.84. The van der Waals surface area contributed by atoms with E-state index in [-0.39, 0.29) is 31.0 Å². The minimum Gasteiger partial charge on any atom is -0.361 e. The van der Waals surface area contributed by atoms with Gasteiger partial charge < -0.3 is 14.3 Å². The van der Waals surface area contributed by atoms with Crippen LogP contribution >= 0.6 is 0 Å². The molecule has 2 amide bonds. The van der Waals surface area contributed by atoms with E-state index in [0.29, 0.717) is 24.5 Å². The summed E-state index contributed by atoms with van der Waals surface area (Å²) in [5.74, 6) is 0.0358. The first-order valence-electron chi connectivity index (χ1n) is 8.83. The molecule has 0 spiro atoms. The van der Waals surface area contributed by atoms with Crippen LogP contribution in [-0.4, -0.2) is 52.9 Å².